The number of hydrogen-bond donors (Lipinski definition) is 0. The fourth-order valence-electron chi connectivity index (χ4n) is 14.0. The zero-order valence-corrected chi connectivity index (χ0v) is 55.2. The molecular formula is C91H79BN4. The number of benzene rings is 13. The van der Waals surface area contributed by atoms with Crippen molar-refractivity contribution in [1.29, 1.82) is 0 Å². The predicted molar refractivity (Wildman–Crippen MR) is 412 cm³/mol. The summed E-state index contributed by atoms with van der Waals surface area (Å²) in [6, 6.07) is 62.7. The van der Waals surface area contributed by atoms with Gasteiger partial charge in [0.1, 0.15) is 0 Å². The molecule has 2 aliphatic heterocycles. The first-order valence-corrected chi connectivity index (χ1v) is 32.7. The van der Waals surface area contributed by atoms with Gasteiger partial charge in [-0.05, 0) is 175 Å². The fourth-order valence-corrected chi connectivity index (χ4v) is 14.0. The Morgan fingerprint density at radius 3 is 1.14 bits per heavy atom. The third-order valence-corrected chi connectivity index (χ3v) is 18.9. The van der Waals surface area contributed by atoms with Gasteiger partial charge in [0.15, 0.2) is 0 Å². The first-order chi connectivity index (χ1) is 53.1. The Hall–Kier alpha value is -10.9. The van der Waals surface area contributed by atoms with Gasteiger partial charge in [0, 0.05) is 82.6 Å². The van der Waals surface area contributed by atoms with Gasteiger partial charge in [0.05, 0.1) is 40.2 Å². The fraction of sp³-hybridized carbons (Fsp3) is 0.143. The largest absolute Gasteiger partial charge is 0.310 e. The third-order valence-electron chi connectivity index (χ3n) is 18.9. The molecule has 0 aliphatic carbocycles. The van der Waals surface area contributed by atoms with E-state index in [4.69, 9.17) is 2.74 Å². The molecule has 0 spiro atoms. The zero-order valence-electron chi connectivity index (χ0n) is 71.2. The van der Waals surface area contributed by atoms with Gasteiger partial charge in [-0.15, -0.1) is 0 Å². The van der Waals surface area contributed by atoms with Crippen LogP contribution in [0.4, 0.5) is 51.2 Å². The highest BCUT2D eigenvalue weighted by Gasteiger charge is 2.47. The van der Waals surface area contributed by atoms with E-state index in [2.05, 4.69) is 97.5 Å². The molecule has 0 unspecified atom stereocenters. The van der Waals surface area contributed by atoms with Crippen molar-refractivity contribution in [3.8, 4) is 50.2 Å². The van der Waals surface area contributed by atoms with E-state index in [1.54, 1.807) is 4.90 Å². The van der Waals surface area contributed by atoms with Crippen molar-refractivity contribution < 1.29 is 21.9 Å². The highest BCUT2D eigenvalue weighted by molar-refractivity contribution is 7.00. The van der Waals surface area contributed by atoms with Crippen LogP contribution in [-0.2, 0) is 16.2 Å². The number of aromatic nitrogens is 1. The minimum absolute atomic E-state index is 0.00249. The van der Waals surface area contributed by atoms with E-state index in [9.17, 15) is 19.2 Å². The smallest absolute Gasteiger partial charge is 0.252 e. The summed E-state index contributed by atoms with van der Waals surface area (Å²) in [5.41, 5.74) is 7.54. The molecule has 13 aromatic carbocycles. The summed E-state index contributed by atoms with van der Waals surface area (Å²) in [6.45, 7) is 14.1. The van der Waals surface area contributed by atoms with Crippen LogP contribution in [0.25, 0.3) is 72.0 Å². The number of hydrogen-bond acceptors (Lipinski definition) is 3. The van der Waals surface area contributed by atoms with Gasteiger partial charge < -0.3 is 19.3 Å². The first-order valence-electron chi connectivity index (χ1n) is 40.7. The molecule has 0 fully saturated rings. The SMILES string of the molecule is [2H]c1c([2H])c(N(c2ccccc2)c2ccccc2)c([2H])c2c1B1c3c(cc(C(C)(C)C)cc3N(c3c(-c4ccccc4)cc(C(C)(C)C)cc3-c3ccccc3)c3c([2H])c(-n4c5c([2H])c([2H])c([2H])c([2H])c5c5c([2H])c([2H])c([2H])c([2H])c54)c([2H])c(C([2H])([2H])[2H])c31)N2c1c(-c2ccccc2)cc(C(C)(C)C)cc1-c1ccccc1. The van der Waals surface area contributed by atoms with Crippen molar-refractivity contribution in [2.24, 2.45) is 0 Å². The van der Waals surface area contributed by atoms with E-state index in [-0.39, 0.29) is 44.8 Å². The summed E-state index contributed by atoms with van der Waals surface area (Å²) in [6.07, 6.45) is 0. The molecule has 0 N–H and O–H groups in total. The van der Waals surface area contributed by atoms with Crippen LogP contribution in [0, 0.1) is 6.85 Å². The molecular weight excluding hydrogens is 1160 g/mol. The molecule has 466 valence electrons. The molecule has 1 aromatic heterocycles. The van der Waals surface area contributed by atoms with Crippen LogP contribution in [-0.4, -0.2) is 11.3 Å². The van der Waals surface area contributed by atoms with Crippen molar-refractivity contribution in [3.63, 3.8) is 0 Å². The van der Waals surface area contributed by atoms with Gasteiger partial charge >= 0.3 is 0 Å². The molecule has 3 heterocycles. The van der Waals surface area contributed by atoms with Crippen LogP contribution in [0.5, 0.6) is 0 Å². The zero-order chi connectivity index (χ0) is 79.6. The van der Waals surface area contributed by atoms with Crippen molar-refractivity contribution >= 4 is 96.1 Å². The van der Waals surface area contributed by atoms with Crippen LogP contribution >= 0.6 is 0 Å². The van der Waals surface area contributed by atoms with E-state index >= 15 is 0 Å². The van der Waals surface area contributed by atoms with Gasteiger partial charge in [-0.3, -0.25) is 0 Å². The van der Waals surface area contributed by atoms with Crippen LogP contribution in [0.1, 0.15) is 106 Å². The summed E-state index contributed by atoms with van der Waals surface area (Å²) in [7, 11) is 0. The number of rotatable bonds is 10. The van der Waals surface area contributed by atoms with Gasteiger partial charge in [-0.25, -0.2) is 0 Å². The molecule has 14 aromatic rings. The molecule has 5 heteroatoms. The molecule has 0 saturated carbocycles. The van der Waals surface area contributed by atoms with Crippen molar-refractivity contribution in [1.82, 2.24) is 4.57 Å². The van der Waals surface area contributed by atoms with Gasteiger partial charge in [0.25, 0.3) is 6.71 Å². The molecule has 0 bridgehead atoms. The number of fused-ring (bicyclic) bond motifs is 7. The van der Waals surface area contributed by atoms with E-state index in [1.807, 2.05) is 193 Å². The quantitative estimate of drug-likeness (QED) is 0.127. The molecule has 0 amide bonds. The summed E-state index contributed by atoms with van der Waals surface area (Å²) in [5.74, 6) is 0. The second kappa shape index (κ2) is 23.2. The Kier molecular flexibility index (Phi) is 10.8. The van der Waals surface area contributed by atoms with Crippen molar-refractivity contribution in [2.45, 2.75) is 85.4 Å². The van der Waals surface area contributed by atoms with E-state index < -0.39 is 125 Å². The minimum atomic E-state index is -3.43. The maximum atomic E-state index is 11.8. The van der Waals surface area contributed by atoms with Gasteiger partial charge in [0.2, 0.25) is 0 Å². The van der Waals surface area contributed by atoms with Crippen LogP contribution in [0.15, 0.2) is 297 Å². The summed E-state index contributed by atoms with van der Waals surface area (Å²) < 4.78 is 165. The second-order valence-corrected chi connectivity index (χ2v) is 28.1. The van der Waals surface area contributed by atoms with Crippen LogP contribution < -0.4 is 31.1 Å². The number of anilines is 9. The lowest BCUT2D eigenvalue weighted by Crippen LogP contribution is -2.62. The lowest BCUT2D eigenvalue weighted by molar-refractivity contribution is 0.590. The molecule has 2 aliphatic rings. The molecule has 96 heavy (non-hydrogen) atoms. The Morgan fingerprint density at radius 1 is 0.365 bits per heavy atom. The lowest BCUT2D eigenvalue weighted by atomic mass is 9.32. The first kappa shape index (κ1) is 44.7. The van der Waals surface area contributed by atoms with Crippen molar-refractivity contribution in [3.05, 3.63) is 319 Å². The standard InChI is InChI=1S/C91H79BN4/c1-60-51-71(94-79-47-31-29-45-72(79)73-46-30-32-48-80(73)94)59-84-85(60)92-78-50-49-70(93(68-41-25-15-26-42-68)69-43-27-16-28-44-69)58-81(78)95(87-74(61-33-17-11-18-34-61)52-65(89(2,3)4)53-75(87)62-35-19-12-20-36-62)82-56-67(91(8,9)10)57-83(86(82)92)96(84)88-76(63-37-21-13-22-38-63)54-66(90(5,6)7)55-77(88)64-39-23-14-24-40-64/h11-59H,1-10H3/i1D3,29D,30D,31D,32D,45D,46D,47D,48D,49D,50D,51D,58D,59D. The van der Waals surface area contributed by atoms with E-state index in [0.717, 1.165) is 43.5 Å². The van der Waals surface area contributed by atoms with E-state index in [0.29, 0.717) is 61.8 Å². The maximum Gasteiger partial charge on any atom is 0.252 e. The monoisotopic (exact) mass is 1250 g/mol. The Bertz CT molecular complexity index is 5980. The maximum absolute atomic E-state index is 11.8. The highest BCUT2D eigenvalue weighted by atomic mass is 15.2. The second-order valence-electron chi connectivity index (χ2n) is 28.1. The van der Waals surface area contributed by atoms with Gasteiger partial charge in [-0.2, -0.15) is 0 Å². The predicted octanol–water partition coefficient (Wildman–Crippen LogP) is 23.2. The Balaban J connectivity index is 1.22. The Morgan fingerprint density at radius 2 is 0.740 bits per heavy atom. The summed E-state index contributed by atoms with van der Waals surface area (Å²) in [4.78, 5) is 5.79. The van der Waals surface area contributed by atoms with Crippen LogP contribution in [0.2, 0.25) is 0 Å². The molecule has 0 saturated heterocycles. The molecule has 0 atom stereocenters. The number of para-hydroxylation sites is 4. The Labute approximate surface area is 589 Å². The normalized spacial score (nSPS) is 15.3. The molecule has 0 radical (unpaired) electrons. The summed E-state index contributed by atoms with van der Waals surface area (Å²) >= 11 is 0. The molecule has 16 rings (SSSR count). The third kappa shape index (κ3) is 10.2. The highest BCUT2D eigenvalue weighted by Crippen LogP contribution is 2.56. The minimum Gasteiger partial charge on any atom is -0.310 e. The lowest BCUT2D eigenvalue weighted by Gasteiger charge is -2.47. The van der Waals surface area contributed by atoms with Crippen molar-refractivity contribution in [2.75, 3.05) is 14.7 Å². The van der Waals surface area contributed by atoms with Crippen LogP contribution in [0.3, 0.4) is 0 Å². The average molecular weight is 1260 g/mol. The topological polar surface area (TPSA) is 14.7 Å². The molecule has 4 nitrogen and oxygen atoms in total. The average Bonchev–Trinajstić information content (AvgIpc) is 0.712. The summed E-state index contributed by atoms with van der Waals surface area (Å²) in [5, 5.41) is -0.696. The van der Waals surface area contributed by atoms with Gasteiger partial charge in [-0.1, -0.05) is 268 Å². The van der Waals surface area contributed by atoms with E-state index in [1.165, 1.54) is 0 Å². The number of nitrogens with zero attached hydrogens (tertiary/aromatic N) is 4.